The second-order valence-corrected chi connectivity index (χ2v) is 7.46. The van der Waals surface area contributed by atoms with Crippen LogP contribution in [0.5, 0.6) is 6.01 Å². The first kappa shape index (κ1) is 18.2. The number of primary amides is 1. The summed E-state index contributed by atoms with van der Waals surface area (Å²) in [6, 6.07) is 9.14. The summed E-state index contributed by atoms with van der Waals surface area (Å²) >= 11 is 7.24. The number of fused-ring (bicyclic) bond motifs is 1. The Labute approximate surface area is 168 Å². The van der Waals surface area contributed by atoms with Gasteiger partial charge in [0.2, 0.25) is 0 Å². The van der Waals surface area contributed by atoms with Gasteiger partial charge < -0.3 is 16.2 Å². The summed E-state index contributed by atoms with van der Waals surface area (Å²) in [5, 5.41) is 5.35. The number of carbonyl (C=O) groups is 1. The highest BCUT2D eigenvalue weighted by molar-refractivity contribution is 7.21. The number of benzene rings is 1. The van der Waals surface area contributed by atoms with Crippen molar-refractivity contribution in [3.63, 3.8) is 0 Å². The first-order valence-electron chi connectivity index (χ1n) is 8.19. The van der Waals surface area contributed by atoms with Crippen molar-refractivity contribution in [1.82, 2.24) is 19.7 Å². The number of ether oxygens (including phenoxy) is 1. The van der Waals surface area contributed by atoms with Crippen LogP contribution >= 0.6 is 22.9 Å². The molecule has 0 aliphatic carbocycles. The van der Waals surface area contributed by atoms with E-state index in [2.05, 4.69) is 15.1 Å². The number of halogens is 1. The quantitative estimate of drug-likeness (QED) is 0.517. The highest BCUT2D eigenvalue weighted by Crippen LogP contribution is 2.39. The molecule has 8 nitrogen and oxygen atoms in total. The van der Waals surface area contributed by atoms with Gasteiger partial charge in [0.25, 0.3) is 5.91 Å². The van der Waals surface area contributed by atoms with E-state index in [0.717, 1.165) is 22.6 Å². The lowest BCUT2D eigenvalue weighted by Crippen LogP contribution is -2.10. The Morgan fingerprint density at radius 3 is 2.82 bits per heavy atom. The van der Waals surface area contributed by atoms with Crippen LogP contribution in [0.15, 0.2) is 36.5 Å². The number of carbonyl (C=O) groups excluding carboxylic acids is 1. The number of hydrogen-bond donors (Lipinski definition) is 2. The normalized spacial score (nSPS) is 11.1. The Morgan fingerprint density at radius 1 is 1.32 bits per heavy atom. The molecule has 142 valence electrons. The van der Waals surface area contributed by atoms with Gasteiger partial charge in [-0.25, -0.2) is 0 Å². The lowest BCUT2D eigenvalue weighted by molar-refractivity contribution is 0.100. The molecule has 1 amide bonds. The number of thiophene rings is 1. The zero-order valence-electron chi connectivity index (χ0n) is 14.7. The fourth-order valence-corrected chi connectivity index (χ4v) is 3.90. The molecule has 0 spiro atoms. The standard InChI is InChI=1S/C18H15ClN6O2S/c1-25-6-5-11(24-25)8-27-18-22-14(9-3-2-4-10(19)7-9)12-13(20)15(16(21)26)28-17(12)23-18/h2-7H,8,20H2,1H3,(H2,21,26). The van der Waals surface area contributed by atoms with Gasteiger partial charge in [0.05, 0.1) is 22.5 Å². The van der Waals surface area contributed by atoms with Crippen molar-refractivity contribution < 1.29 is 9.53 Å². The molecule has 0 aliphatic heterocycles. The van der Waals surface area contributed by atoms with E-state index in [1.807, 2.05) is 25.4 Å². The Bertz CT molecular complexity index is 1200. The lowest BCUT2D eigenvalue weighted by atomic mass is 10.1. The average Bonchev–Trinajstić information content (AvgIpc) is 3.22. The van der Waals surface area contributed by atoms with Gasteiger partial charge in [-0.05, 0) is 18.2 Å². The van der Waals surface area contributed by atoms with Gasteiger partial charge in [-0.1, -0.05) is 23.7 Å². The van der Waals surface area contributed by atoms with Crippen LogP contribution in [-0.4, -0.2) is 25.7 Å². The van der Waals surface area contributed by atoms with Crippen molar-refractivity contribution in [2.24, 2.45) is 12.8 Å². The van der Waals surface area contributed by atoms with Crippen LogP contribution in [0.2, 0.25) is 5.02 Å². The highest BCUT2D eigenvalue weighted by Gasteiger charge is 2.21. The number of hydrogen-bond acceptors (Lipinski definition) is 7. The second kappa shape index (κ2) is 7.10. The Kier molecular flexibility index (Phi) is 4.62. The second-order valence-electron chi connectivity index (χ2n) is 6.02. The predicted octanol–water partition coefficient (Wildman–Crippen LogP) is 3.01. The van der Waals surface area contributed by atoms with Gasteiger partial charge in [0.15, 0.2) is 0 Å². The van der Waals surface area contributed by atoms with Crippen LogP contribution < -0.4 is 16.2 Å². The summed E-state index contributed by atoms with van der Waals surface area (Å²) in [6.07, 6.45) is 1.82. The third kappa shape index (κ3) is 3.37. The van der Waals surface area contributed by atoms with Crippen molar-refractivity contribution in [2.45, 2.75) is 6.61 Å². The molecular formula is C18H15ClN6O2S. The van der Waals surface area contributed by atoms with Crippen molar-refractivity contribution in [2.75, 3.05) is 5.73 Å². The summed E-state index contributed by atoms with van der Waals surface area (Å²) < 4.78 is 7.41. The van der Waals surface area contributed by atoms with Crippen LogP contribution in [0.1, 0.15) is 15.4 Å². The van der Waals surface area contributed by atoms with Gasteiger partial charge >= 0.3 is 6.01 Å². The number of aryl methyl sites for hydroxylation is 1. The Hall–Kier alpha value is -3.17. The summed E-state index contributed by atoms with van der Waals surface area (Å²) in [4.78, 5) is 21.4. The van der Waals surface area contributed by atoms with Crippen molar-refractivity contribution in [3.8, 4) is 17.3 Å². The van der Waals surface area contributed by atoms with E-state index in [-0.39, 0.29) is 23.2 Å². The van der Waals surface area contributed by atoms with Gasteiger partial charge in [-0.15, -0.1) is 11.3 Å². The SMILES string of the molecule is Cn1ccc(COc2nc(-c3cccc(Cl)c3)c3c(N)c(C(N)=O)sc3n2)n1. The minimum absolute atomic E-state index is 0.144. The van der Waals surface area contributed by atoms with Crippen molar-refractivity contribution in [3.05, 3.63) is 52.1 Å². The van der Waals surface area contributed by atoms with E-state index in [1.54, 1.807) is 22.9 Å². The van der Waals surface area contributed by atoms with Crippen LogP contribution in [0, 0.1) is 0 Å². The molecule has 0 radical (unpaired) electrons. The van der Waals surface area contributed by atoms with Crippen LogP contribution in [0.3, 0.4) is 0 Å². The zero-order valence-corrected chi connectivity index (χ0v) is 16.3. The molecule has 28 heavy (non-hydrogen) atoms. The number of rotatable bonds is 5. The van der Waals surface area contributed by atoms with E-state index in [1.165, 1.54) is 0 Å². The monoisotopic (exact) mass is 414 g/mol. The maximum absolute atomic E-state index is 11.7. The molecule has 4 aromatic rings. The molecule has 0 fully saturated rings. The Balaban J connectivity index is 1.84. The molecule has 4 N–H and O–H groups in total. The topological polar surface area (TPSA) is 122 Å². The van der Waals surface area contributed by atoms with E-state index in [0.29, 0.717) is 20.9 Å². The number of amides is 1. The van der Waals surface area contributed by atoms with E-state index in [9.17, 15) is 4.79 Å². The minimum atomic E-state index is -0.617. The Morgan fingerprint density at radius 2 is 2.14 bits per heavy atom. The van der Waals surface area contributed by atoms with Crippen molar-refractivity contribution in [1.29, 1.82) is 0 Å². The molecule has 0 saturated carbocycles. The lowest BCUT2D eigenvalue weighted by Gasteiger charge is -2.08. The maximum atomic E-state index is 11.7. The first-order valence-corrected chi connectivity index (χ1v) is 9.39. The highest BCUT2D eigenvalue weighted by atomic mass is 35.5. The molecule has 0 aliphatic rings. The smallest absolute Gasteiger partial charge is 0.318 e. The molecule has 4 rings (SSSR count). The van der Waals surface area contributed by atoms with Gasteiger partial charge in [-0.3, -0.25) is 9.48 Å². The molecule has 0 bridgehead atoms. The predicted molar refractivity (Wildman–Crippen MR) is 108 cm³/mol. The van der Waals surface area contributed by atoms with E-state index in [4.69, 9.17) is 27.8 Å². The van der Waals surface area contributed by atoms with Crippen LogP contribution in [0.25, 0.3) is 21.5 Å². The molecular weight excluding hydrogens is 400 g/mol. The van der Waals surface area contributed by atoms with Crippen molar-refractivity contribution >= 4 is 44.7 Å². The average molecular weight is 415 g/mol. The number of anilines is 1. The summed E-state index contributed by atoms with van der Waals surface area (Å²) in [7, 11) is 1.82. The van der Waals surface area contributed by atoms with Gasteiger partial charge in [0.1, 0.15) is 16.3 Å². The summed E-state index contributed by atoms with van der Waals surface area (Å²) in [5.74, 6) is -0.617. The number of nitrogen functional groups attached to an aromatic ring is 1. The van der Waals surface area contributed by atoms with E-state index < -0.39 is 5.91 Å². The first-order chi connectivity index (χ1) is 13.4. The molecule has 10 heteroatoms. The zero-order chi connectivity index (χ0) is 19.8. The maximum Gasteiger partial charge on any atom is 0.318 e. The molecule has 0 atom stereocenters. The van der Waals surface area contributed by atoms with Gasteiger partial charge in [0, 0.05) is 23.8 Å². The molecule has 3 heterocycles. The number of nitrogens with zero attached hydrogens (tertiary/aromatic N) is 4. The molecule has 0 unspecified atom stereocenters. The van der Waals surface area contributed by atoms with Gasteiger partial charge in [-0.2, -0.15) is 15.1 Å². The fraction of sp³-hybridized carbons (Fsp3) is 0.111. The molecule has 0 saturated heterocycles. The number of nitrogens with two attached hydrogens (primary N) is 2. The third-order valence-corrected chi connectivity index (χ3v) is 5.36. The summed E-state index contributed by atoms with van der Waals surface area (Å²) in [5.41, 5.74) is 13.9. The minimum Gasteiger partial charge on any atom is -0.457 e. The third-order valence-electron chi connectivity index (χ3n) is 4.01. The fourth-order valence-electron chi connectivity index (χ4n) is 2.77. The largest absolute Gasteiger partial charge is 0.457 e. The molecule has 3 aromatic heterocycles. The molecule has 1 aromatic carbocycles. The number of aromatic nitrogens is 4. The van der Waals surface area contributed by atoms with Crippen LogP contribution in [-0.2, 0) is 13.7 Å². The summed E-state index contributed by atoms with van der Waals surface area (Å²) in [6.45, 7) is 0.199. The van der Waals surface area contributed by atoms with E-state index >= 15 is 0 Å². The van der Waals surface area contributed by atoms with Crippen LogP contribution in [0.4, 0.5) is 5.69 Å².